The minimum absolute atomic E-state index is 0.0349. The van der Waals surface area contributed by atoms with Gasteiger partial charge in [-0.2, -0.15) is 0 Å². The molecule has 0 spiro atoms. The van der Waals surface area contributed by atoms with Gasteiger partial charge in [0.2, 0.25) is 0 Å². The lowest BCUT2D eigenvalue weighted by Gasteiger charge is -2.32. The second-order valence-electron chi connectivity index (χ2n) is 10.3. The van der Waals surface area contributed by atoms with Gasteiger partial charge < -0.3 is 25.1 Å². The molecule has 3 aromatic rings. The van der Waals surface area contributed by atoms with Crippen LogP contribution >= 0.6 is 0 Å². The molecular weight excluding hydrogens is 476 g/mol. The number of aliphatic hydroxyl groups excluding tert-OH is 1. The number of benzene rings is 2. The van der Waals surface area contributed by atoms with Gasteiger partial charge in [0.15, 0.2) is 0 Å². The van der Waals surface area contributed by atoms with Crippen molar-refractivity contribution in [2.45, 2.75) is 58.0 Å². The van der Waals surface area contributed by atoms with Crippen LogP contribution < -0.4 is 15.1 Å². The Balaban J connectivity index is 0.00000144. The topological polar surface area (TPSA) is 84.8 Å². The number of hydrogen-bond acceptors (Lipinski definition) is 6. The molecular formula is C30H40N6O2. The fourth-order valence-electron chi connectivity index (χ4n) is 5.85. The number of β-amino-alcohol motifs (C(OH)–C–C–N with tert-alkyl or cyclic N) is 1. The molecule has 2 N–H and O–H groups in total. The van der Waals surface area contributed by atoms with Crippen molar-refractivity contribution in [3.05, 3.63) is 54.5 Å². The largest absolute Gasteiger partial charge is 0.391 e. The number of fused-ring (bicyclic) bond motifs is 1. The van der Waals surface area contributed by atoms with Crippen molar-refractivity contribution in [2.24, 2.45) is 0 Å². The van der Waals surface area contributed by atoms with Crippen LogP contribution in [0.1, 0.15) is 57.6 Å². The maximum Gasteiger partial charge on any atom is 0.321 e. The lowest BCUT2D eigenvalue weighted by molar-refractivity contribution is 0.194. The van der Waals surface area contributed by atoms with Crippen LogP contribution in [0, 0.1) is 0 Å². The summed E-state index contributed by atoms with van der Waals surface area (Å²) in [6, 6.07) is 14.5. The smallest absolute Gasteiger partial charge is 0.321 e. The van der Waals surface area contributed by atoms with Gasteiger partial charge in [-0.3, -0.25) is 0 Å². The van der Waals surface area contributed by atoms with Crippen LogP contribution in [0.25, 0.3) is 10.9 Å². The van der Waals surface area contributed by atoms with E-state index in [4.69, 9.17) is 0 Å². The summed E-state index contributed by atoms with van der Waals surface area (Å²) in [4.78, 5) is 28.6. The van der Waals surface area contributed by atoms with E-state index in [-0.39, 0.29) is 12.1 Å². The molecule has 6 rings (SSSR count). The molecule has 38 heavy (non-hydrogen) atoms. The molecule has 0 bridgehead atoms. The van der Waals surface area contributed by atoms with Gasteiger partial charge >= 0.3 is 6.03 Å². The van der Waals surface area contributed by atoms with Crippen molar-refractivity contribution in [1.29, 1.82) is 0 Å². The minimum Gasteiger partial charge on any atom is -0.391 e. The van der Waals surface area contributed by atoms with Crippen LogP contribution in [0.2, 0.25) is 0 Å². The summed E-state index contributed by atoms with van der Waals surface area (Å²) in [5, 5.41) is 14.0. The zero-order valence-corrected chi connectivity index (χ0v) is 22.6. The average Bonchev–Trinajstić information content (AvgIpc) is 3.66. The zero-order valence-electron chi connectivity index (χ0n) is 22.6. The third kappa shape index (κ3) is 5.70. The number of carbonyl (C=O) groups excluding carboxylic acids is 1. The second kappa shape index (κ2) is 12.0. The summed E-state index contributed by atoms with van der Waals surface area (Å²) in [5.41, 5.74) is 5.19. The Labute approximate surface area is 225 Å². The van der Waals surface area contributed by atoms with Gasteiger partial charge in [-0.25, -0.2) is 14.8 Å². The molecule has 3 fully saturated rings. The molecule has 3 saturated heterocycles. The maximum absolute atomic E-state index is 12.9. The minimum atomic E-state index is -0.252. The maximum atomic E-state index is 12.9. The number of aromatic nitrogens is 2. The number of nitrogens with zero attached hydrogens (tertiary/aromatic N) is 5. The second-order valence-corrected chi connectivity index (χ2v) is 10.3. The number of amides is 2. The van der Waals surface area contributed by atoms with E-state index in [1.165, 1.54) is 18.5 Å². The fraction of sp³-hybridized carbons (Fsp3) is 0.500. The summed E-state index contributed by atoms with van der Waals surface area (Å²) in [6.45, 7) is 9.19. The number of carbonyl (C=O) groups is 1. The van der Waals surface area contributed by atoms with Gasteiger partial charge in [0.1, 0.15) is 6.33 Å². The van der Waals surface area contributed by atoms with Gasteiger partial charge in [0.25, 0.3) is 0 Å². The van der Waals surface area contributed by atoms with Crippen molar-refractivity contribution in [3.8, 4) is 0 Å². The van der Waals surface area contributed by atoms with Crippen molar-refractivity contribution >= 4 is 34.0 Å². The van der Waals surface area contributed by atoms with E-state index < -0.39 is 0 Å². The monoisotopic (exact) mass is 516 g/mol. The van der Waals surface area contributed by atoms with Crippen LogP contribution in [0.15, 0.2) is 48.8 Å². The van der Waals surface area contributed by atoms with Gasteiger partial charge in [-0.15, -0.1) is 0 Å². The molecule has 0 saturated carbocycles. The van der Waals surface area contributed by atoms with Crippen LogP contribution in [-0.4, -0.2) is 71.4 Å². The van der Waals surface area contributed by atoms with Crippen LogP contribution in [0.3, 0.4) is 0 Å². The molecule has 8 nitrogen and oxygen atoms in total. The molecule has 1 unspecified atom stereocenters. The summed E-state index contributed by atoms with van der Waals surface area (Å²) < 4.78 is 0. The van der Waals surface area contributed by atoms with E-state index in [1.54, 1.807) is 6.33 Å². The SMILES string of the molecule is CC.O=C(Nc1ccc(N2CCCC2)cc1)N1CCC(c2ncnc3cc(N4CCC(O)C4)ccc23)CC1. The molecule has 0 radical (unpaired) electrons. The molecule has 2 amide bonds. The highest BCUT2D eigenvalue weighted by molar-refractivity contribution is 5.89. The highest BCUT2D eigenvalue weighted by Crippen LogP contribution is 2.33. The number of hydrogen-bond donors (Lipinski definition) is 2. The highest BCUT2D eigenvalue weighted by atomic mass is 16.3. The number of piperidine rings is 1. The highest BCUT2D eigenvalue weighted by Gasteiger charge is 2.27. The van der Waals surface area contributed by atoms with Crippen molar-refractivity contribution in [3.63, 3.8) is 0 Å². The third-order valence-electron chi connectivity index (χ3n) is 7.94. The quantitative estimate of drug-likeness (QED) is 0.493. The molecule has 2 aromatic carbocycles. The van der Waals surface area contributed by atoms with Crippen LogP contribution in [-0.2, 0) is 0 Å². The first-order valence-corrected chi connectivity index (χ1v) is 14.2. The zero-order chi connectivity index (χ0) is 26.5. The van der Waals surface area contributed by atoms with E-state index in [2.05, 4.69) is 55.4 Å². The molecule has 0 aliphatic carbocycles. The standard InChI is InChI=1S/C28H34N6O2.C2H6/c35-24-11-16-34(18-24)23-7-8-25-26(17-23)29-19-30-27(25)20-9-14-33(15-10-20)28(36)31-21-3-5-22(6-4-21)32-12-1-2-13-32;1-2/h3-8,17,19-20,24,35H,1-2,9-16,18H2,(H,31,36);1-2H3. The lowest BCUT2D eigenvalue weighted by atomic mass is 9.91. The van der Waals surface area contributed by atoms with E-state index in [0.29, 0.717) is 25.6 Å². The Kier molecular flexibility index (Phi) is 8.27. The molecule has 3 aliphatic heterocycles. The predicted octanol–water partition coefficient (Wildman–Crippen LogP) is 5.24. The predicted molar refractivity (Wildman–Crippen MR) is 154 cm³/mol. The number of likely N-dealkylation sites (tertiary alicyclic amines) is 1. The Bertz CT molecular complexity index is 1220. The lowest BCUT2D eigenvalue weighted by Crippen LogP contribution is -2.40. The summed E-state index contributed by atoms with van der Waals surface area (Å²) in [7, 11) is 0. The van der Waals surface area contributed by atoms with Gasteiger partial charge in [0.05, 0.1) is 17.3 Å². The van der Waals surface area contributed by atoms with Crippen molar-refractivity contribution < 1.29 is 9.90 Å². The molecule has 202 valence electrons. The van der Waals surface area contributed by atoms with E-state index >= 15 is 0 Å². The summed E-state index contributed by atoms with van der Waals surface area (Å²) in [6.07, 6.45) is 6.49. The van der Waals surface area contributed by atoms with Gasteiger partial charge in [0, 0.05) is 67.6 Å². The first-order valence-electron chi connectivity index (χ1n) is 14.2. The average molecular weight is 517 g/mol. The van der Waals surface area contributed by atoms with E-state index in [1.807, 2.05) is 30.9 Å². The first-order chi connectivity index (χ1) is 18.6. The van der Waals surface area contributed by atoms with Crippen molar-refractivity contribution in [2.75, 3.05) is 54.4 Å². The fourth-order valence-corrected chi connectivity index (χ4v) is 5.85. The Morgan fingerprint density at radius 3 is 2.26 bits per heavy atom. The van der Waals surface area contributed by atoms with Crippen LogP contribution in [0.4, 0.5) is 21.9 Å². The number of urea groups is 1. The molecule has 8 heteroatoms. The Hall–Kier alpha value is -3.39. The summed E-state index contributed by atoms with van der Waals surface area (Å²) in [5.74, 6) is 0.304. The molecule has 1 aromatic heterocycles. The molecule has 3 aliphatic rings. The van der Waals surface area contributed by atoms with E-state index in [0.717, 1.165) is 66.9 Å². The van der Waals surface area contributed by atoms with Gasteiger partial charge in [-0.05, 0) is 74.6 Å². The normalized spacial score (nSPS) is 20.0. The summed E-state index contributed by atoms with van der Waals surface area (Å²) >= 11 is 0. The number of anilines is 3. The van der Waals surface area contributed by atoms with E-state index in [9.17, 15) is 9.90 Å². The number of rotatable bonds is 4. The Morgan fingerprint density at radius 1 is 0.868 bits per heavy atom. The molecule has 1 atom stereocenters. The van der Waals surface area contributed by atoms with Gasteiger partial charge in [-0.1, -0.05) is 13.8 Å². The molecule has 4 heterocycles. The number of aliphatic hydroxyl groups is 1. The Morgan fingerprint density at radius 2 is 1.58 bits per heavy atom. The number of nitrogens with one attached hydrogen (secondary N) is 1. The third-order valence-corrected chi connectivity index (χ3v) is 7.94. The first kappa shape index (κ1) is 26.2. The van der Waals surface area contributed by atoms with Crippen LogP contribution in [0.5, 0.6) is 0 Å². The van der Waals surface area contributed by atoms with Crippen molar-refractivity contribution in [1.82, 2.24) is 14.9 Å².